The highest BCUT2D eigenvalue weighted by Crippen LogP contribution is 2.30. The van der Waals surface area contributed by atoms with Crippen LogP contribution in [0.1, 0.15) is 49.3 Å². The summed E-state index contributed by atoms with van der Waals surface area (Å²) in [5.41, 5.74) is 2.06. The summed E-state index contributed by atoms with van der Waals surface area (Å²) < 4.78 is 11.3. The molecule has 164 valence electrons. The maximum Gasteiger partial charge on any atom is 0.262 e. The number of nitriles is 2. The first-order valence-electron chi connectivity index (χ1n) is 10.8. The second-order valence-electron chi connectivity index (χ2n) is 7.98. The average molecular weight is 430 g/mol. The van der Waals surface area contributed by atoms with E-state index < -0.39 is 0 Å². The Hall–Kier alpha value is -3.77. The van der Waals surface area contributed by atoms with Crippen molar-refractivity contribution in [3.63, 3.8) is 0 Å². The van der Waals surface area contributed by atoms with E-state index >= 15 is 0 Å². The molecule has 2 atom stereocenters. The second-order valence-corrected chi connectivity index (χ2v) is 7.98. The van der Waals surface area contributed by atoms with E-state index in [1.165, 1.54) is 13.5 Å². The van der Waals surface area contributed by atoms with Crippen LogP contribution in [-0.4, -0.2) is 19.1 Å². The molecule has 0 aromatic heterocycles. The molecule has 2 aromatic rings. The number of hydrogen-bond donors (Lipinski definition) is 1. The van der Waals surface area contributed by atoms with Crippen LogP contribution in [0.3, 0.4) is 0 Å². The topological polar surface area (TPSA) is 95.1 Å². The molecule has 1 N–H and O–H groups in total. The molecule has 1 amide bonds. The van der Waals surface area contributed by atoms with Crippen molar-refractivity contribution in [3.05, 3.63) is 64.7 Å². The number of ether oxygens (including phenoxy) is 2. The van der Waals surface area contributed by atoms with Gasteiger partial charge in [0.25, 0.3) is 5.91 Å². The molecule has 0 aliphatic heterocycles. The monoisotopic (exact) mass is 429 g/mol. The third kappa shape index (κ3) is 5.68. The van der Waals surface area contributed by atoms with Gasteiger partial charge < -0.3 is 14.8 Å². The van der Waals surface area contributed by atoms with E-state index in [2.05, 4.69) is 18.3 Å². The summed E-state index contributed by atoms with van der Waals surface area (Å²) in [5, 5.41) is 21.8. The van der Waals surface area contributed by atoms with Gasteiger partial charge in [-0.2, -0.15) is 10.5 Å². The van der Waals surface area contributed by atoms with Crippen molar-refractivity contribution >= 4 is 12.0 Å². The van der Waals surface area contributed by atoms with E-state index in [9.17, 15) is 15.3 Å². The fourth-order valence-electron chi connectivity index (χ4n) is 3.90. The van der Waals surface area contributed by atoms with Gasteiger partial charge in [0.15, 0.2) is 11.5 Å². The lowest BCUT2D eigenvalue weighted by molar-refractivity contribution is -0.118. The fraction of sp³-hybridized carbons (Fsp3) is 0.346. The summed E-state index contributed by atoms with van der Waals surface area (Å²) in [7, 11) is 1.53. The zero-order chi connectivity index (χ0) is 22.9. The summed E-state index contributed by atoms with van der Waals surface area (Å²) in [6, 6.07) is 16.7. The van der Waals surface area contributed by atoms with Crippen molar-refractivity contribution in [1.82, 2.24) is 5.32 Å². The number of rotatable bonds is 7. The summed E-state index contributed by atoms with van der Waals surface area (Å²) in [5.74, 6) is 1.05. The van der Waals surface area contributed by atoms with Crippen molar-refractivity contribution in [1.29, 1.82) is 10.5 Å². The van der Waals surface area contributed by atoms with Crippen molar-refractivity contribution < 1.29 is 14.3 Å². The van der Waals surface area contributed by atoms with E-state index in [0.29, 0.717) is 28.5 Å². The number of nitrogens with one attached hydrogen (secondary N) is 1. The minimum absolute atomic E-state index is 0.0569. The highest BCUT2D eigenvalue weighted by molar-refractivity contribution is 6.01. The molecule has 0 unspecified atom stereocenters. The highest BCUT2D eigenvalue weighted by Gasteiger charge is 2.24. The van der Waals surface area contributed by atoms with E-state index in [-0.39, 0.29) is 24.1 Å². The molecule has 1 aliphatic rings. The molecule has 0 heterocycles. The number of benzene rings is 2. The predicted molar refractivity (Wildman–Crippen MR) is 122 cm³/mol. The van der Waals surface area contributed by atoms with E-state index in [1.54, 1.807) is 30.3 Å². The van der Waals surface area contributed by atoms with Crippen LogP contribution in [0, 0.1) is 28.6 Å². The third-order valence-corrected chi connectivity index (χ3v) is 5.81. The SMILES string of the molecule is COc1cc(/C=C(\C#N)C(=O)N[C@@H]2CCCC[C@@H]2C)ccc1OCc1ccccc1C#N. The molecule has 2 aromatic carbocycles. The van der Waals surface area contributed by atoms with Gasteiger partial charge in [-0.3, -0.25) is 4.79 Å². The van der Waals surface area contributed by atoms with Crippen LogP contribution in [0.25, 0.3) is 6.08 Å². The second kappa shape index (κ2) is 11.0. The minimum atomic E-state index is -0.348. The van der Waals surface area contributed by atoms with Crippen molar-refractivity contribution in [2.45, 2.75) is 45.3 Å². The molecular formula is C26H27N3O3. The van der Waals surface area contributed by atoms with E-state index in [0.717, 1.165) is 24.8 Å². The van der Waals surface area contributed by atoms with Crippen molar-refractivity contribution in [2.75, 3.05) is 7.11 Å². The molecule has 1 saturated carbocycles. The van der Waals surface area contributed by atoms with Gasteiger partial charge in [0.1, 0.15) is 18.2 Å². The molecule has 32 heavy (non-hydrogen) atoms. The standard InChI is InChI=1S/C26H27N3O3/c1-18-7-3-6-10-23(18)29-26(30)22(16-28)13-19-11-12-24(25(14-19)31-2)32-17-21-9-5-4-8-20(21)15-27/h4-5,8-9,11-14,18,23H,3,6-7,10,17H2,1-2H3,(H,29,30)/b22-13+/t18-,23+/m0/s1. The maximum absolute atomic E-state index is 12.6. The Morgan fingerprint density at radius 2 is 1.94 bits per heavy atom. The van der Waals surface area contributed by atoms with Gasteiger partial charge >= 0.3 is 0 Å². The first-order valence-corrected chi connectivity index (χ1v) is 10.8. The Labute approximate surface area is 189 Å². The summed E-state index contributed by atoms with van der Waals surface area (Å²) in [6.07, 6.45) is 5.87. The lowest BCUT2D eigenvalue weighted by atomic mass is 9.86. The lowest BCUT2D eigenvalue weighted by Gasteiger charge is -2.29. The van der Waals surface area contributed by atoms with Crippen LogP contribution in [0.15, 0.2) is 48.0 Å². The van der Waals surface area contributed by atoms with Crippen LogP contribution < -0.4 is 14.8 Å². The van der Waals surface area contributed by atoms with Crippen molar-refractivity contribution in [3.8, 4) is 23.6 Å². The van der Waals surface area contributed by atoms with E-state index in [1.807, 2.05) is 24.3 Å². The molecular weight excluding hydrogens is 402 g/mol. The Morgan fingerprint density at radius 1 is 1.16 bits per heavy atom. The maximum atomic E-state index is 12.6. The average Bonchev–Trinajstić information content (AvgIpc) is 2.82. The molecule has 0 saturated heterocycles. The predicted octanol–water partition coefficient (Wildman–Crippen LogP) is 4.75. The Balaban J connectivity index is 1.73. The first-order chi connectivity index (χ1) is 15.5. The van der Waals surface area contributed by atoms with Gasteiger partial charge in [-0.15, -0.1) is 0 Å². The quantitative estimate of drug-likeness (QED) is 0.506. The van der Waals surface area contributed by atoms with Gasteiger partial charge in [0.2, 0.25) is 0 Å². The largest absolute Gasteiger partial charge is 0.493 e. The van der Waals surface area contributed by atoms with Crippen LogP contribution >= 0.6 is 0 Å². The highest BCUT2D eigenvalue weighted by atomic mass is 16.5. The Kier molecular flexibility index (Phi) is 7.89. The molecule has 1 aliphatic carbocycles. The van der Waals surface area contributed by atoms with Gasteiger partial charge in [0, 0.05) is 11.6 Å². The van der Waals surface area contributed by atoms with Crippen LogP contribution in [0.2, 0.25) is 0 Å². The fourth-order valence-corrected chi connectivity index (χ4v) is 3.90. The zero-order valence-electron chi connectivity index (χ0n) is 18.4. The molecule has 0 spiro atoms. The number of carbonyl (C=O) groups excluding carboxylic acids is 1. The Bertz CT molecular complexity index is 1080. The first kappa shape index (κ1) is 22.9. The normalized spacial score (nSPS) is 18.2. The van der Waals surface area contributed by atoms with Gasteiger partial charge in [-0.25, -0.2) is 0 Å². The molecule has 0 radical (unpaired) electrons. The number of hydrogen-bond acceptors (Lipinski definition) is 5. The van der Waals surface area contributed by atoms with Crippen LogP contribution in [0.5, 0.6) is 11.5 Å². The molecule has 1 fully saturated rings. The zero-order valence-corrected chi connectivity index (χ0v) is 18.4. The summed E-state index contributed by atoms with van der Waals surface area (Å²) >= 11 is 0. The van der Waals surface area contributed by atoms with Crippen molar-refractivity contribution in [2.24, 2.45) is 5.92 Å². The van der Waals surface area contributed by atoms with Gasteiger partial charge in [-0.1, -0.05) is 44.0 Å². The summed E-state index contributed by atoms with van der Waals surface area (Å²) in [4.78, 5) is 12.6. The van der Waals surface area contributed by atoms with Crippen LogP contribution in [0.4, 0.5) is 0 Å². The molecule has 6 nitrogen and oxygen atoms in total. The Morgan fingerprint density at radius 3 is 2.66 bits per heavy atom. The molecule has 3 rings (SSSR count). The lowest BCUT2D eigenvalue weighted by Crippen LogP contribution is -2.41. The summed E-state index contributed by atoms with van der Waals surface area (Å²) in [6.45, 7) is 2.36. The van der Waals surface area contributed by atoms with E-state index in [4.69, 9.17) is 9.47 Å². The number of amides is 1. The number of nitrogens with zero attached hydrogens (tertiary/aromatic N) is 2. The smallest absolute Gasteiger partial charge is 0.262 e. The van der Waals surface area contributed by atoms with Gasteiger partial charge in [-0.05, 0) is 48.6 Å². The number of carbonyl (C=O) groups is 1. The minimum Gasteiger partial charge on any atom is -0.493 e. The molecule has 0 bridgehead atoms. The van der Waals surface area contributed by atoms with Gasteiger partial charge in [0.05, 0.1) is 18.7 Å². The molecule has 6 heteroatoms. The number of methoxy groups -OCH3 is 1. The van der Waals surface area contributed by atoms with Crippen LogP contribution in [-0.2, 0) is 11.4 Å². The third-order valence-electron chi connectivity index (χ3n) is 5.81.